The zero-order chi connectivity index (χ0) is 24.2. The van der Waals surface area contributed by atoms with Gasteiger partial charge in [-0.25, -0.2) is 0 Å². The molecule has 1 aromatic rings. The molecule has 10 heteroatoms. The van der Waals surface area contributed by atoms with Crippen molar-refractivity contribution < 1.29 is 24.0 Å². The van der Waals surface area contributed by atoms with Crippen LogP contribution in [0.15, 0.2) is 30.3 Å². The molecule has 1 heterocycles. The zero-order valence-electron chi connectivity index (χ0n) is 19.3. The largest absolute Gasteiger partial charge is 0.352 e. The molecule has 0 aromatic heterocycles. The second kappa shape index (κ2) is 13.7. The number of carbonyl (C=O) groups is 5. The van der Waals surface area contributed by atoms with Gasteiger partial charge in [0, 0.05) is 19.0 Å². The van der Waals surface area contributed by atoms with Crippen molar-refractivity contribution in [2.75, 3.05) is 32.5 Å². The van der Waals surface area contributed by atoms with Crippen molar-refractivity contribution in [2.45, 2.75) is 45.1 Å². The molecule has 2 unspecified atom stereocenters. The highest BCUT2D eigenvalue weighted by Gasteiger charge is 2.34. The highest BCUT2D eigenvalue weighted by molar-refractivity contribution is 7.75. The molecule has 0 spiro atoms. The van der Waals surface area contributed by atoms with Gasteiger partial charge in [-0.15, -0.1) is 0 Å². The molecule has 0 saturated carbocycles. The summed E-state index contributed by atoms with van der Waals surface area (Å²) in [6.45, 7) is 3.77. The molecular formula is C23H33N4O5P. The Morgan fingerprint density at radius 2 is 1.64 bits per heavy atom. The van der Waals surface area contributed by atoms with Crippen molar-refractivity contribution in [2.24, 2.45) is 0 Å². The van der Waals surface area contributed by atoms with E-state index >= 15 is 0 Å². The van der Waals surface area contributed by atoms with Crippen LogP contribution >= 0.6 is 7.92 Å². The lowest BCUT2D eigenvalue weighted by Crippen LogP contribution is -2.44. The van der Waals surface area contributed by atoms with E-state index in [4.69, 9.17) is 0 Å². The van der Waals surface area contributed by atoms with E-state index in [0.29, 0.717) is 38.4 Å². The van der Waals surface area contributed by atoms with Gasteiger partial charge in [0.2, 0.25) is 29.3 Å². The average Bonchev–Trinajstić information content (AvgIpc) is 3.02. The van der Waals surface area contributed by atoms with E-state index in [-0.39, 0.29) is 48.9 Å². The number of unbranched alkanes of at least 4 members (excludes halogenated alkanes) is 2. The van der Waals surface area contributed by atoms with Gasteiger partial charge in [0.25, 0.3) is 0 Å². The lowest BCUT2D eigenvalue weighted by atomic mass is 10.1. The number of hydrogen-bond donors (Lipinski definition) is 3. The number of amides is 5. The third-order valence-electron chi connectivity index (χ3n) is 5.20. The van der Waals surface area contributed by atoms with Crippen molar-refractivity contribution in [3.63, 3.8) is 0 Å². The summed E-state index contributed by atoms with van der Waals surface area (Å²) in [5.41, 5.74) is 1.06. The Morgan fingerprint density at radius 1 is 0.970 bits per heavy atom. The van der Waals surface area contributed by atoms with Gasteiger partial charge in [0.15, 0.2) is 0 Å². The van der Waals surface area contributed by atoms with Crippen LogP contribution in [-0.2, 0) is 25.6 Å². The van der Waals surface area contributed by atoms with Gasteiger partial charge in [0.05, 0.1) is 19.3 Å². The van der Waals surface area contributed by atoms with Crippen LogP contribution in [0.5, 0.6) is 0 Å². The Kier molecular flexibility index (Phi) is 11.0. The summed E-state index contributed by atoms with van der Waals surface area (Å²) < 4.78 is 0. The summed E-state index contributed by atoms with van der Waals surface area (Å²) >= 11 is 0. The van der Waals surface area contributed by atoms with E-state index in [1.807, 2.05) is 43.9 Å². The highest BCUT2D eigenvalue weighted by atomic mass is 31.1. The van der Waals surface area contributed by atoms with Crippen LogP contribution in [0.2, 0.25) is 0 Å². The summed E-state index contributed by atoms with van der Waals surface area (Å²) in [6.07, 6.45) is 3.26. The molecule has 9 nitrogen and oxygen atoms in total. The third kappa shape index (κ3) is 9.70. The van der Waals surface area contributed by atoms with Gasteiger partial charge < -0.3 is 16.0 Å². The number of hydrogen-bond acceptors (Lipinski definition) is 5. The number of nitrogens with zero attached hydrogens (tertiary/aromatic N) is 1. The lowest BCUT2D eigenvalue weighted by Gasteiger charge is -2.14. The molecule has 1 aliphatic rings. The van der Waals surface area contributed by atoms with Crippen LogP contribution in [0.3, 0.4) is 0 Å². The fourth-order valence-corrected chi connectivity index (χ4v) is 4.81. The molecule has 1 aromatic carbocycles. The molecule has 2 rings (SSSR count). The first kappa shape index (κ1) is 26.5. The quantitative estimate of drug-likeness (QED) is 0.295. The van der Waals surface area contributed by atoms with Crippen molar-refractivity contribution >= 4 is 37.2 Å². The molecule has 5 amide bonds. The van der Waals surface area contributed by atoms with Crippen LogP contribution in [0.4, 0.5) is 4.79 Å². The molecule has 1 saturated heterocycles. The standard InChI is InChI=1S/C23H33N4O5P/c1-17(13-18-9-5-3-6-10-18)26-21(30)15-25-20(29)14-24-19(28)11-7-4-8-12-27-22(31)16-33(2)23(27)32/h3,5-6,9-10,17H,4,7-8,11-16H2,1-2H3,(H,24,28)(H,25,29)(H,26,30). The first-order valence-corrected chi connectivity index (χ1v) is 13.2. The van der Waals surface area contributed by atoms with E-state index in [0.717, 1.165) is 5.56 Å². The first-order chi connectivity index (χ1) is 15.8. The van der Waals surface area contributed by atoms with Gasteiger partial charge in [-0.05, 0) is 46.3 Å². The van der Waals surface area contributed by atoms with Gasteiger partial charge in [-0.1, -0.05) is 36.8 Å². The minimum atomic E-state index is -0.863. The molecule has 180 valence electrons. The minimum Gasteiger partial charge on any atom is -0.352 e. The second-order valence-electron chi connectivity index (χ2n) is 8.21. The highest BCUT2D eigenvalue weighted by Crippen LogP contribution is 2.40. The van der Waals surface area contributed by atoms with Crippen molar-refractivity contribution in [3.8, 4) is 0 Å². The maximum Gasteiger partial charge on any atom is 0.250 e. The summed E-state index contributed by atoms with van der Waals surface area (Å²) in [4.78, 5) is 60.7. The molecular weight excluding hydrogens is 443 g/mol. The number of benzene rings is 1. The second-order valence-corrected chi connectivity index (χ2v) is 10.3. The lowest BCUT2D eigenvalue weighted by molar-refractivity contribution is -0.128. The van der Waals surface area contributed by atoms with Gasteiger partial charge in [-0.2, -0.15) is 0 Å². The fraction of sp³-hybridized carbons (Fsp3) is 0.522. The average molecular weight is 477 g/mol. The fourth-order valence-electron chi connectivity index (χ4n) is 3.47. The zero-order valence-corrected chi connectivity index (χ0v) is 20.2. The van der Waals surface area contributed by atoms with Crippen LogP contribution in [0.25, 0.3) is 0 Å². The monoisotopic (exact) mass is 476 g/mol. The van der Waals surface area contributed by atoms with E-state index in [2.05, 4.69) is 16.0 Å². The van der Waals surface area contributed by atoms with E-state index < -0.39 is 13.8 Å². The predicted molar refractivity (Wildman–Crippen MR) is 127 cm³/mol. The maximum atomic E-state index is 12.0. The number of rotatable bonds is 13. The van der Waals surface area contributed by atoms with Crippen molar-refractivity contribution in [1.29, 1.82) is 0 Å². The van der Waals surface area contributed by atoms with Crippen molar-refractivity contribution in [1.82, 2.24) is 20.9 Å². The summed E-state index contributed by atoms with van der Waals surface area (Å²) in [5.74, 6) is -1.08. The van der Waals surface area contributed by atoms with Crippen LogP contribution in [0, 0.1) is 0 Å². The number of nitrogens with one attached hydrogen (secondary N) is 3. The SMILES string of the molecule is CC(Cc1ccccc1)NC(=O)CNC(=O)CNC(=O)CCCCCN1C(=O)CP(C)C1=O. The van der Waals surface area contributed by atoms with Gasteiger partial charge in [0.1, 0.15) is 0 Å². The molecule has 2 atom stereocenters. The molecule has 1 fully saturated rings. The Bertz CT molecular complexity index is 849. The normalized spacial score (nSPS) is 16.4. The van der Waals surface area contributed by atoms with Crippen LogP contribution in [0.1, 0.15) is 38.2 Å². The maximum absolute atomic E-state index is 12.0. The Labute approximate surface area is 195 Å². The van der Waals surface area contributed by atoms with Gasteiger partial charge >= 0.3 is 0 Å². The van der Waals surface area contributed by atoms with E-state index in [1.54, 1.807) is 0 Å². The number of carbonyl (C=O) groups excluding carboxylic acids is 5. The van der Waals surface area contributed by atoms with Crippen LogP contribution < -0.4 is 16.0 Å². The molecule has 0 bridgehead atoms. The summed E-state index contributed by atoms with van der Waals surface area (Å²) in [7, 11) is -0.863. The smallest absolute Gasteiger partial charge is 0.250 e. The topological polar surface area (TPSA) is 125 Å². The van der Waals surface area contributed by atoms with Crippen molar-refractivity contribution in [3.05, 3.63) is 35.9 Å². The first-order valence-electron chi connectivity index (χ1n) is 11.2. The Morgan fingerprint density at radius 3 is 2.30 bits per heavy atom. The molecule has 0 radical (unpaired) electrons. The summed E-state index contributed by atoms with van der Waals surface area (Å²) in [6, 6.07) is 9.73. The third-order valence-corrected chi connectivity index (χ3v) is 6.84. The number of imide groups is 1. The molecule has 33 heavy (non-hydrogen) atoms. The Hall–Kier alpha value is -2.80. The predicted octanol–water partition coefficient (Wildman–Crippen LogP) is 1.60. The van der Waals surface area contributed by atoms with E-state index in [1.165, 1.54) is 4.90 Å². The van der Waals surface area contributed by atoms with E-state index in [9.17, 15) is 24.0 Å². The van der Waals surface area contributed by atoms with Gasteiger partial charge in [-0.3, -0.25) is 28.9 Å². The minimum absolute atomic E-state index is 0.0573. The molecule has 0 aliphatic carbocycles. The molecule has 1 aliphatic heterocycles. The molecule has 3 N–H and O–H groups in total. The Balaban J connectivity index is 1.50. The van der Waals surface area contributed by atoms with Crippen LogP contribution in [-0.4, -0.2) is 72.7 Å². The summed E-state index contributed by atoms with van der Waals surface area (Å²) in [5, 5.41) is 7.86.